The van der Waals surface area contributed by atoms with E-state index in [2.05, 4.69) is 65.3 Å². The molecule has 1 aliphatic rings. The Morgan fingerprint density at radius 1 is 1.12 bits per heavy atom. The van der Waals surface area contributed by atoms with Crippen LogP contribution >= 0.6 is 0 Å². The molecule has 41 heavy (non-hydrogen) atoms. The molecule has 0 amide bonds. The van der Waals surface area contributed by atoms with Crippen molar-refractivity contribution in [3.63, 3.8) is 0 Å². The molecule has 2 aromatic rings. The smallest absolute Gasteiger partial charge is 0.329 e. The summed E-state index contributed by atoms with van der Waals surface area (Å²) < 4.78 is 11.4. The number of carbonyl (C=O) groups excluding carboxylic acids is 1. The van der Waals surface area contributed by atoms with Gasteiger partial charge in [0.15, 0.2) is 0 Å². The van der Waals surface area contributed by atoms with Crippen LogP contribution in [-0.2, 0) is 32.5 Å². The van der Waals surface area contributed by atoms with Crippen molar-refractivity contribution < 1.29 is 14.3 Å². The highest BCUT2D eigenvalue weighted by atomic mass is 16.6. The number of ether oxygens (including phenoxy) is 2. The van der Waals surface area contributed by atoms with Crippen molar-refractivity contribution in [2.24, 2.45) is 0 Å². The van der Waals surface area contributed by atoms with Gasteiger partial charge >= 0.3 is 5.97 Å². The van der Waals surface area contributed by atoms with E-state index in [0.717, 1.165) is 69.1 Å². The molecule has 0 spiro atoms. The monoisotopic (exact) mass is 568 g/mol. The van der Waals surface area contributed by atoms with Crippen LogP contribution in [0.25, 0.3) is 0 Å². The summed E-state index contributed by atoms with van der Waals surface area (Å²) in [7, 11) is 1.74. The zero-order valence-corrected chi connectivity index (χ0v) is 26.5. The summed E-state index contributed by atoms with van der Waals surface area (Å²) in [6, 6.07) is 5.78. The van der Waals surface area contributed by atoms with Crippen LogP contribution < -0.4 is 10.6 Å². The van der Waals surface area contributed by atoms with Crippen LogP contribution in [0, 0.1) is 0 Å². The average molecular weight is 569 g/mol. The normalized spacial score (nSPS) is 15.1. The SMILES string of the molecule is CO[C@H](C)CN(CCCCc1ccc2c(n1)NCCC2)CC[C@H](Nc1cc(C(C)(C)C)ncn1)C(=O)OC(C)(C)C. The number of nitrogens with one attached hydrogen (secondary N) is 2. The Bertz CT molecular complexity index is 1110. The lowest BCUT2D eigenvalue weighted by atomic mass is 9.92. The number of aryl methyl sites for hydroxylation is 2. The van der Waals surface area contributed by atoms with Crippen LogP contribution in [0.4, 0.5) is 11.6 Å². The maximum absolute atomic E-state index is 13.3. The van der Waals surface area contributed by atoms with Crippen LogP contribution in [0.2, 0.25) is 0 Å². The molecule has 0 aliphatic carbocycles. The third-order valence-electron chi connectivity index (χ3n) is 7.21. The van der Waals surface area contributed by atoms with E-state index in [9.17, 15) is 4.79 Å². The molecule has 0 bridgehead atoms. The first kappa shape index (κ1) is 32.7. The Morgan fingerprint density at radius 2 is 1.90 bits per heavy atom. The Hall–Kier alpha value is -2.78. The Labute approximate surface area is 247 Å². The van der Waals surface area contributed by atoms with Crippen LogP contribution in [0.3, 0.4) is 0 Å². The van der Waals surface area contributed by atoms with Gasteiger partial charge in [-0.1, -0.05) is 26.8 Å². The molecule has 2 atom stereocenters. The fourth-order valence-corrected chi connectivity index (χ4v) is 4.84. The molecule has 3 heterocycles. The van der Waals surface area contributed by atoms with Crippen molar-refractivity contribution in [1.82, 2.24) is 19.9 Å². The van der Waals surface area contributed by atoms with E-state index in [1.165, 1.54) is 12.0 Å². The molecule has 9 heteroatoms. The minimum absolute atomic E-state index is 0.0903. The Balaban J connectivity index is 1.63. The van der Waals surface area contributed by atoms with Gasteiger partial charge in [0.1, 0.15) is 29.6 Å². The van der Waals surface area contributed by atoms with Gasteiger partial charge in [-0.3, -0.25) is 0 Å². The van der Waals surface area contributed by atoms with Gasteiger partial charge in [-0.25, -0.2) is 19.7 Å². The van der Waals surface area contributed by atoms with Crippen molar-refractivity contribution >= 4 is 17.6 Å². The van der Waals surface area contributed by atoms with E-state index in [1.807, 2.05) is 26.8 Å². The highest BCUT2D eigenvalue weighted by Gasteiger charge is 2.27. The van der Waals surface area contributed by atoms with Gasteiger partial charge in [0.05, 0.1) is 11.8 Å². The standard InChI is InChI=1S/C32H52N6O3/c1-23(40-8)21-38(18-10-9-13-25-15-14-24-12-11-17-33-29(24)36-25)19-16-26(30(39)41-32(5,6)7)37-28-20-27(31(2,3)4)34-22-35-28/h14-15,20,22-23,26H,9-13,16-19,21H2,1-8H3,(H,33,36)(H,34,35,37)/t23-,26+/m1/s1. The van der Waals surface area contributed by atoms with Crippen LogP contribution in [0.1, 0.15) is 91.1 Å². The van der Waals surface area contributed by atoms with Crippen molar-refractivity contribution in [3.05, 3.63) is 41.5 Å². The number of hydrogen-bond acceptors (Lipinski definition) is 9. The number of esters is 1. The fraction of sp³-hybridized carbons (Fsp3) is 0.688. The largest absolute Gasteiger partial charge is 0.458 e. The number of aromatic nitrogens is 3. The molecule has 0 saturated carbocycles. The predicted octanol–water partition coefficient (Wildman–Crippen LogP) is 5.40. The summed E-state index contributed by atoms with van der Waals surface area (Å²) in [5, 5.41) is 6.79. The van der Waals surface area contributed by atoms with Gasteiger partial charge in [0, 0.05) is 43.9 Å². The van der Waals surface area contributed by atoms with Gasteiger partial charge in [-0.05, 0) is 84.4 Å². The molecule has 2 aromatic heterocycles. The van der Waals surface area contributed by atoms with Gasteiger partial charge in [0.25, 0.3) is 0 Å². The second-order valence-electron chi connectivity index (χ2n) is 13.2. The molecule has 0 radical (unpaired) electrons. The molecule has 9 nitrogen and oxygen atoms in total. The fourth-order valence-electron chi connectivity index (χ4n) is 4.84. The first-order valence-corrected chi connectivity index (χ1v) is 15.1. The molecule has 228 valence electrons. The maximum atomic E-state index is 13.3. The van der Waals surface area contributed by atoms with E-state index < -0.39 is 11.6 Å². The number of carbonyl (C=O) groups is 1. The summed E-state index contributed by atoms with van der Waals surface area (Å²) in [4.78, 5) is 29.3. The highest BCUT2D eigenvalue weighted by Crippen LogP contribution is 2.23. The number of hydrogen-bond donors (Lipinski definition) is 2. The van der Waals surface area contributed by atoms with E-state index in [4.69, 9.17) is 14.5 Å². The zero-order valence-electron chi connectivity index (χ0n) is 26.5. The number of nitrogens with zero attached hydrogens (tertiary/aromatic N) is 4. The zero-order chi connectivity index (χ0) is 30.0. The first-order valence-electron chi connectivity index (χ1n) is 15.1. The minimum atomic E-state index is -0.580. The van der Waals surface area contributed by atoms with Gasteiger partial charge in [-0.2, -0.15) is 0 Å². The van der Waals surface area contributed by atoms with Crippen molar-refractivity contribution in [2.75, 3.05) is 43.9 Å². The van der Waals surface area contributed by atoms with E-state index >= 15 is 0 Å². The Morgan fingerprint density at radius 3 is 2.61 bits per heavy atom. The quantitative estimate of drug-likeness (QED) is 0.229. The number of methoxy groups -OCH3 is 1. The number of pyridine rings is 1. The van der Waals surface area contributed by atoms with E-state index in [-0.39, 0.29) is 17.5 Å². The third kappa shape index (κ3) is 11.2. The van der Waals surface area contributed by atoms with E-state index in [0.29, 0.717) is 12.2 Å². The minimum Gasteiger partial charge on any atom is -0.458 e. The van der Waals surface area contributed by atoms with Crippen molar-refractivity contribution in [2.45, 2.75) is 110 Å². The lowest BCUT2D eigenvalue weighted by molar-refractivity contribution is -0.156. The van der Waals surface area contributed by atoms with Gasteiger partial charge in [0.2, 0.25) is 0 Å². The summed E-state index contributed by atoms with van der Waals surface area (Å²) >= 11 is 0. The predicted molar refractivity (Wildman–Crippen MR) is 166 cm³/mol. The van der Waals surface area contributed by atoms with Crippen molar-refractivity contribution in [3.8, 4) is 0 Å². The highest BCUT2D eigenvalue weighted by molar-refractivity contribution is 5.79. The molecule has 2 N–H and O–H groups in total. The molecule has 0 unspecified atom stereocenters. The van der Waals surface area contributed by atoms with Crippen LogP contribution in [-0.4, -0.2) is 76.9 Å². The summed E-state index contributed by atoms with van der Waals surface area (Å²) in [6.07, 6.45) is 7.54. The second kappa shape index (κ2) is 14.9. The molecular formula is C32H52N6O3. The summed E-state index contributed by atoms with van der Waals surface area (Å²) in [5.74, 6) is 1.41. The van der Waals surface area contributed by atoms with Crippen molar-refractivity contribution in [1.29, 1.82) is 0 Å². The number of rotatable bonds is 14. The molecular weight excluding hydrogens is 516 g/mol. The van der Waals surface area contributed by atoms with Gasteiger partial charge < -0.3 is 25.0 Å². The molecule has 0 saturated heterocycles. The average Bonchev–Trinajstić information content (AvgIpc) is 2.91. The Kier molecular flexibility index (Phi) is 11.9. The van der Waals surface area contributed by atoms with Crippen LogP contribution in [0.5, 0.6) is 0 Å². The molecule has 3 rings (SSSR count). The first-order chi connectivity index (χ1) is 19.3. The number of anilines is 2. The number of unbranched alkanes of at least 4 members (excludes halogenated alkanes) is 1. The number of fused-ring (bicyclic) bond motifs is 1. The second-order valence-corrected chi connectivity index (χ2v) is 13.2. The third-order valence-corrected chi connectivity index (χ3v) is 7.21. The molecule has 1 aliphatic heterocycles. The lowest BCUT2D eigenvalue weighted by Crippen LogP contribution is -2.41. The van der Waals surface area contributed by atoms with Gasteiger partial charge in [-0.15, -0.1) is 0 Å². The van der Waals surface area contributed by atoms with Crippen LogP contribution in [0.15, 0.2) is 24.5 Å². The lowest BCUT2D eigenvalue weighted by Gasteiger charge is -2.29. The molecule has 0 fully saturated rings. The summed E-state index contributed by atoms with van der Waals surface area (Å²) in [5.41, 5.74) is 2.67. The maximum Gasteiger partial charge on any atom is 0.329 e. The summed E-state index contributed by atoms with van der Waals surface area (Å²) in [6.45, 7) is 17.5. The molecule has 0 aromatic carbocycles. The topological polar surface area (TPSA) is 102 Å². The van der Waals surface area contributed by atoms with E-state index in [1.54, 1.807) is 13.4 Å².